The van der Waals surface area contributed by atoms with Crippen LogP contribution in [0.4, 0.5) is 15.8 Å². The first-order valence-corrected chi connectivity index (χ1v) is 9.27. The number of aryl methyl sites for hydroxylation is 2. The average Bonchev–Trinajstić information content (AvgIpc) is 2.55. The van der Waals surface area contributed by atoms with E-state index in [1.54, 1.807) is 13.0 Å². The molecule has 0 unspecified atom stereocenters. The van der Waals surface area contributed by atoms with Crippen LogP contribution in [0.2, 0.25) is 0 Å². The highest BCUT2D eigenvalue weighted by atomic mass is 32.2. The van der Waals surface area contributed by atoms with E-state index in [0.717, 1.165) is 23.3 Å². The Balaban J connectivity index is 2.56. The predicted octanol–water partition coefficient (Wildman–Crippen LogP) is 3.23. The van der Waals surface area contributed by atoms with Crippen molar-refractivity contribution in [2.45, 2.75) is 25.7 Å². The second-order valence-electron chi connectivity index (χ2n) is 5.93. The van der Waals surface area contributed by atoms with Gasteiger partial charge in [-0.25, -0.2) is 12.8 Å². The van der Waals surface area contributed by atoms with Gasteiger partial charge in [-0.05, 0) is 49.2 Å². The Kier molecular flexibility index (Phi) is 5.56. The first kappa shape index (κ1) is 19.7. The molecule has 26 heavy (non-hydrogen) atoms. The number of carbonyl (C=O) groups excluding carboxylic acids is 1. The summed E-state index contributed by atoms with van der Waals surface area (Å²) >= 11 is 0. The zero-order chi connectivity index (χ0) is 19.6. The summed E-state index contributed by atoms with van der Waals surface area (Å²) in [5.74, 6) is -0.769. The molecule has 0 spiro atoms. The predicted molar refractivity (Wildman–Crippen MR) is 98.8 cm³/mol. The molecule has 0 saturated carbocycles. The summed E-state index contributed by atoms with van der Waals surface area (Å²) < 4.78 is 47.0. The lowest BCUT2D eigenvalue weighted by Crippen LogP contribution is -2.25. The van der Waals surface area contributed by atoms with Gasteiger partial charge in [-0.15, -0.1) is 0 Å². The number of hydrogen-bond donors (Lipinski definition) is 1. The smallest absolute Gasteiger partial charge is 0.265 e. The maximum absolute atomic E-state index is 13.7. The minimum atomic E-state index is -4.07. The number of halogens is 1. The van der Waals surface area contributed by atoms with Gasteiger partial charge < -0.3 is 9.64 Å². The molecule has 0 aliphatic rings. The summed E-state index contributed by atoms with van der Waals surface area (Å²) in [6.07, 6.45) is 0. The zero-order valence-corrected chi connectivity index (χ0v) is 16.1. The van der Waals surface area contributed by atoms with Crippen molar-refractivity contribution in [1.82, 2.24) is 0 Å². The molecule has 0 atom stereocenters. The standard InChI is InChI=1S/C18H21FN2O4S/c1-11-8-17(25-5)18(9-12(11)2)26(23,24)20-15-10-14(19)6-7-16(15)21(4)13(3)22/h6-10,20H,1-5H3. The third-order valence-corrected chi connectivity index (χ3v) is 5.49. The first-order chi connectivity index (χ1) is 12.1. The van der Waals surface area contributed by atoms with E-state index in [1.807, 2.05) is 6.92 Å². The largest absolute Gasteiger partial charge is 0.495 e. The Hall–Kier alpha value is -2.61. The molecule has 0 aliphatic carbocycles. The molecule has 8 heteroatoms. The van der Waals surface area contributed by atoms with Crippen molar-refractivity contribution < 1.29 is 22.3 Å². The third kappa shape index (κ3) is 3.96. The average molecular weight is 380 g/mol. The molecule has 2 rings (SSSR count). The number of hydrogen-bond acceptors (Lipinski definition) is 4. The number of nitrogens with zero attached hydrogens (tertiary/aromatic N) is 1. The molecule has 0 bridgehead atoms. The summed E-state index contributed by atoms with van der Waals surface area (Å²) in [6, 6.07) is 6.64. The van der Waals surface area contributed by atoms with Gasteiger partial charge in [-0.3, -0.25) is 9.52 Å². The van der Waals surface area contributed by atoms with Crippen molar-refractivity contribution >= 4 is 27.3 Å². The molecule has 0 aromatic heterocycles. The Morgan fingerprint density at radius 2 is 1.77 bits per heavy atom. The lowest BCUT2D eigenvalue weighted by Gasteiger charge is -2.20. The van der Waals surface area contributed by atoms with Crippen molar-refractivity contribution in [2.24, 2.45) is 0 Å². The number of methoxy groups -OCH3 is 1. The fourth-order valence-corrected chi connectivity index (χ4v) is 3.69. The monoisotopic (exact) mass is 380 g/mol. The van der Waals surface area contributed by atoms with Crippen LogP contribution in [0, 0.1) is 19.7 Å². The molecule has 0 radical (unpaired) electrons. The highest BCUT2D eigenvalue weighted by molar-refractivity contribution is 7.92. The van der Waals surface area contributed by atoms with Crippen LogP contribution in [0.25, 0.3) is 0 Å². The number of ether oxygens (including phenoxy) is 1. The minimum absolute atomic E-state index is 0.0389. The molecule has 140 valence electrons. The number of sulfonamides is 1. The number of amides is 1. The molecule has 0 fully saturated rings. The van der Waals surface area contributed by atoms with Crippen LogP contribution in [0.1, 0.15) is 18.1 Å². The van der Waals surface area contributed by atoms with Crippen LogP contribution in [-0.2, 0) is 14.8 Å². The van der Waals surface area contributed by atoms with Crippen LogP contribution in [0.5, 0.6) is 5.75 Å². The molecular weight excluding hydrogens is 359 g/mol. The Morgan fingerprint density at radius 1 is 1.15 bits per heavy atom. The van der Waals surface area contributed by atoms with Gasteiger partial charge in [0.05, 0.1) is 18.5 Å². The van der Waals surface area contributed by atoms with E-state index in [1.165, 1.54) is 38.1 Å². The number of anilines is 2. The Bertz CT molecular complexity index is 958. The molecule has 1 N–H and O–H groups in total. The van der Waals surface area contributed by atoms with E-state index in [4.69, 9.17) is 4.74 Å². The second kappa shape index (κ2) is 7.33. The van der Waals surface area contributed by atoms with E-state index in [-0.39, 0.29) is 27.9 Å². The highest BCUT2D eigenvalue weighted by Gasteiger charge is 2.23. The fourth-order valence-electron chi connectivity index (χ4n) is 2.38. The fraction of sp³-hybridized carbons (Fsp3) is 0.278. The molecular formula is C18H21FN2O4S. The van der Waals surface area contributed by atoms with Crippen LogP contribution < -0.4 is 14.4 Å². The number of rotatable bonds is 5. The van der Waals surface area contributed by atoms with Crippen molar-refractivity contribution in [3.8, 4) is 5.75 Å². The van der Waals surface area contributed by atoms with Gasteiger partial charge in [0, 0.05) is 20.0 Å². The highest BCUT2D eigenvalue weighted by Crippen LogP contribution is 2.32. The minimum Gasteiger partial charge on any atom is -0.495 e. The molecule has 0 heterocycles. The lowest BCUT2D eigenvalue weighted by molar-refractivity contribution is -0.116. The molecule has 2 aromatic rings. The molecule has 0 saturated heterocycles. The molecule has 6 nitrogen and oxygen atoms in total. The van der Waals surface area contributed by atoms with Gasteiger partial charge >= 0.3 is 0 Å². The molecule has 2 aromatic carbocycles. The topological polar surface area (TPSA) is 75.7 Å². The van der Waals surface area contributed by atoms with Gasteiger partial charge in [0.2, 0.25) is 5.91 Å². The Morgan fingerprint density at radius 3 is 2.35 bits per heavy atom. The summed E-state index contributed by atoms with van der Waals surface area (Å²) in [5.41, 5.74) is 1.85. The maximum atomic E-state index is 13.7. The number of carbonyl (C=O) groups is 1. The third-order valence-electron chi connectivity index (χ3n) is 4.11. The van der Waals surface area contributed by atoms with Crippen LogP contribution in [0.3, 0.4) is 0 Å². The maximum Gasteiger partial charge on any atom is 0.265 e. The van der Waals surface area contributed by atoms with Crippen molar-refractivity contribution in [3.63, 3.8) is 0 Å². The van der Waals surface area contributed by atoms with Crippen LogP contribution >= 0.6 is 0 Å². The van der Waals surface area contributed by atoms with E-state index in [2.05, 4.69) is 4.72 Å². The number of nitrogens with one attached hydrogen (secondary N) is 1. The quantitative estimate of drug-likeness (QED) is 0.864. The van der Waals surface area contributed by atoms with E-state index in [9.17, 15) is 17.6 Å². The summed E-state index contributed by atoms with van der Waals surface area (Å²) in [7, 11) is -1.22. The second-order valence-corrected chi connectivity index (χ2v) is 7.58. The van der Waals surface area contributed by atoms with Crippen LogP contribution in [0.15, 0.2) is 35.2 Å². The van der Waals surface area contributed by atoms with Gasteiger partial charge in [0.1, 0.15) is 16.5 Å². The van der Waals surface area contributed by atoms with Crippen molar-refractivity contribution in [1.29, 1.82) is 0 Å². The first-order valence-electron chi connectivity index (χ1n) is 7.78. The number of benzene rings is 2. The Labute approximate surface area is 152 Å². The normalized spacial score (nSPS) is 11.2. The van der Waals surface area contributed by atoms with Crippen molar-refractivity contribution in [2.75, 3.05) is 23.8 Å². The van der Waals surface area contributed by atoms with E-state index < -0.39 is 15.8 Å². The summed E-state index contributed by atoms with van der Waals surface area (Å²) in [4.78, 5) is 12.8. The SMILES string of the molecule is COc1cc(C)c(C)cc1S(=O)(=O)Nc1cc(F)ccc1N(C)C(C)=O. The summed E-state index contributed by atoms with van der Waals surface area (Å²) in [5, 5.41) is 0. The van der Waals surface area contributed by atoms with Gasteiger partial charge in [0.15, 0.2) is 0 Å². The van der Waals surface area contributed by atoms with Gasteiger partial charge in [-0.1, -0.05) is 0 Å². The van der Waals surface area contributed by atoms with E-state index >= 15 is 0 Å². The summed E-state index contributed by atoms with van der Waals surface area (Å²) in [6.45, 7) is 4.95. The molecule has 0 aliphatic heterocycles. The van der Waals surface area contributed by atoms with Crippen molar-refractivity contribution in [3.05, 3.63) is 47.3 Å². The molecule has 1 amide bonds. The zero-order valence-electron chi connectivity index (χ0n) is 15.3. The lowest BCUT2D eigenvalue weighted by atomic mass is 10.1. The van der Waals surface area contributed by atoms with Gasteiger partial charge in [0.25, 0.3) is 10.0 Å². The van der Waals surface area contributed by atoms with E-state index in [0.29, 0.717) is 0 Å². The van der Waals surface area contributed by atoms with Crippen LogP contribution in [-0.4, -0.2) is 28.5 Å². The van der Waals surface area contributed by atoms with Gasteiger partial charge in [-0.2, -0.15) is 0 Å².